The van der Waals surface area contributed by atoms with Crippen molar-refractivity contribution >= 4 is 11.7 Å². The summed E-state index contributed by atoms with van der Waals surface area (Å²) in [6.45, 7) is 9.47. The number of rotatable bonds is 6. The maximum Gasteiger partial charge on any atom is 0.315 e. The number of hydrogen-bond donors (Lipinski definition) is 2. The molecule has 6 nitrogen and oxygen atoms in total. The zero-order valence-electron chi connectivity index (χ0n) is 17.1. The molecule has 0 aromatic heterocycles. The van der Waals surface area contributed by atoms with Gasteiger partial charge in [-0.2, -0.15) is 0 Å². The van der Waals surface area contributed by atoms with Crippen LogP contribution in [0.15, 0.2) is 30.3 Å². The van der Waals surface area contributed by atoms with Crippen molar-refractivity contribution in [2.45, 2.75) is 50.7 Å². The molecule has 1 saturated carbocycles. The van der Waals surface area contributed by atoms with Gasteiger partial charge in [-0.15, -0.1) is 0 Å². The van der Waals surface area contributed by atoms with Gasteiger partial charge in [0.1, 0.15) is 0 Å². The van der Waals surface area contributed by atoms with Gasteiger partial charge >= 0.3 is 6.03 Å². The Hall–Kier alpha value is -1.79. The molecule has 1 atom stereocenters. The Labute approximate surface area is 169 Å². The van der Waals surface area contributed by atoms with Crippen LogP contribution >= 0.6 is 0 Å². The molecule has 2 aliphatic heterocycles. The Kier molecular flexibility index (Phi) is 6.37. The molecule has 2 amide bonds. The number of benzene rings is 1. The van der Waals surface area contributed by atoms with Crippen LogP contribution < -0.4 is 15.5 Å². The summed E-state index contributed by atoms with van der Waals surface area (Å²) in [5, 5.41) is 6.34. The molecule has 3 fully saturated rings. The molecule has 28 heavy (non-hydrogen) atoms. The summed E-state index contributed by atoms with van der Waals surface area (Å²) in [5.41, 5.74) is 1.31. The van der Waals surface area contributed by atoms with Crippen LogP contribution in [0.2, 0.25) is 0 Å². The summed E-state index contributed by atoms with van der Waals surface area (Å²) in [5.74, 6) is 0. The Bertz CT molecular complexity index is 619. The van der Waals surface area contributed by atoms with Crippen LogP contribution in [-0.4, -0.2) is 79.8 Å². The van der Waals surface area contributed by atoms with Crippen LogP contribution in [0.3, 0.4) is 0 Å². The lowest BCUT2D eigenvalue weighted by Crippen LogP contribution is -2.54. The molecule has 0 spiro atoms. The molecule has 0 bridgehead atoms. The number of carbonyl (C=O) groups is 1. The lowest BCUT2D eigenvalue weighted by molar-refractivity contribution is 0.182. The van der Waals surface area contributed by atoms with Gasteiger partial charge in [-0.1, -0.05) is 18.2 Å². The Balaban J connectivity index is 1.13. The largest absolute Gasteiger partial charge is 0.369 e. The van der Waals surface area contributed by atoms with E-state index in [1.807, 2.05) is 0 Å². The van der Waals surface area contributed by atoms with Crippen molar-refractivity contribution in [3.63, 3.8) is 0 Å². The molecule has 0 radical (unpaired) electrons. The second kappa shape index (κ2) is 9.14. The number of carbonyl (C=O) groups excluding carboxylic acids is 1. The van der Waals surface area contributed by atoms with E-state index in [0.29, 0.717) is 6.04 Å². The van der Waals surface area contributed by atoms with E-state index in [-0.39, 0.29) is 12.1 Å². The summed E-state index contributed by atoms with van der Waals surface area (Å²) >= 11 is 0. The summed E-state index contributed by atoms with van der Waals surface area (Å²) in [7, 11) is 0. The Morgan fingerprint density at radius 1 is 1.00 bits per heavy atom. The smallest absolute Gasteiger partial charge is 0.315 e. The van der Waals surface area contributed by atoms with Crippen LogP contribution in [0.5, 0.6) is 0 Å². The monoisotopic (exact) mass is 385 g/mol. The topological polar surface area (TPSA) is 50.9 Å². The van der Waals surface area contributed by atoms with E-state index >= 15 is 0 Å². The predicted molar refractivity (Wildman–Crippen MR) is 114 cm³/mol. The highest BCUT2D eigenvalue weighted by atomic mass is 16.2. The fraction of sp³-hybridized carbons (Fsp3) is 0.682. The van der Waals surface area contributed by atoms with Crippen molar-refractivity contribution in [1.82, 2.24) is 20.4 Å². The molecule has 2 saturated heterocycles. The van der Waals surface area contributed by atoms with Gasteiger partial charge in [-0.25, -0.2) is 4.79 Å². The van der Waals surface area contributed by atoms with Crippen molar-refractivity contribution < 1.29 is 4.79 Å². The zero-order chi connectivity index (χ0) is 19.3. The van der Waals surface area contributed by atoms with E-state index in [9.17, 15) is 4.79 Å². The lowest BCUT2D eigenvalue weighted by atomic mass is 10.1. The third-order valence-corrected chi connectivity index (χ3v) is 6.33. The average Bonchev–Trinajstić information content (AvgIpc) is 3.55. The number of para-hydroxylation sites is 1. The predicted octanol–water partition coefficient (Wildman–Crippen LogP) is 2.12. The van der Waals surface area contributed by atoms with Crippen molar-refractivity contribution in [3.05, 3.63) is 30.3 Å². The fourth-order valence-electron chi connectivity index (χ4n) is 4.56. The molecule has 2 N–H and O–H groups in total. The molecule has 4 rings (SSSR count). The number of piperazine rings is 1. The van der Waals surface area contributed by atoms with Crippen LogP contribution in [0.1, 0.15) is 32.6 Å². The molecule has 3 aliphatic rings. The number of amides is 2. The first-order valence-electron chi connectivity index (χ1n) is 11.0. The van der Waals surface area contributed by atoms with E-state index in [1.165, 1.54) is 18.5 Å². The number of urea groups is 1. The highest BCUT2D eigenvalue weighted by molar-refractivity contribution is 5.74. The minimum Gasteiger partial charge on any atom is -0.369 e. The first-order valence-corrected chi connectivity index (χ1v) is 11.0. The van der Waals surface area contributed by atoms with Crippen molar-refractivity contribution in [3.8, 4) is 0 Å². The van der Waals surface area contributed by atoms with Gasteiger partial charge in [-0.3, -0.25) is 4.90 Å². The number of nitrogens with zero attached hydrogens (tertiary/aromatic N) is 3. The zero-order valence-corrected chi connectivity index (χ0v) is 17.1. The van der Waals surface area contributed by atoms with Gasteiger partial charge in [0, 0.05) is 69.6 Å². The van der Waals surface area contributed by atoms with Gasteiger partial charge in [0.05, 0.1) is 0 Å². The van der Waals surface area contributed by atoms with Crippen LogP contribution in [0, 0.1) is 0 Å². The minimum absolute atomic E-state index is 0.000272. The molecule has 1 aliphatic carbocycles. The molecular weight excluding hydrogens is 350 g/mol. The maximum atomic E-state index is 12.4. The number of nitrogens with one attached hydrogen (secondary N) is 2. The third-order valence-electron chi connectivity index (χ3n) is 6.33. The van der Waals surface area contributed by atoms with Gasteiger partial charge in [0.2, 0.25) is 0 Å². The number of likely N-dealkylation sites (tertiary alicyclic amines) is 1. The molecule has 154 valence electrons. The average molecular weight is 386 g/mol. The summed E-state index contributed by atoms with van der Waals surface area (Å²) in [6, 6.07) is 12.0. The summed E-state index contributed by atoms with van der Waals surface area (Å²) in [4.78, 5) is 19.9. The highest BCUT2D eigenvalue weighted by Gasteiger charge is 2.32. The van der Waals surface area contributed by atoms with E-state index in [4.69, 9.17) is 0 Å². The standard InChI is InChI=1S/C22H35N5O/c1-18(17-25-13-15-27(16-14-25)20-5-3-2-4-6-20)23-22(28)24-19-9-11-26(12-10-19)21-7-8-21/h2-6,18-19,21H,7-17H2,1H3,(H2,23,24,28)/t18-/m0/s1. The maximum absolute atomic E-state index is 12.4. The van der Waals surface area contributed by atoms with Crippen LogP contribution in [0.25, 0.3) is 0 Å². The van der Waals surface area contributed by atoms with Crippen molar-refractivity contribution in [2.24, 2.45) is 0 Å². The second-order valence-electron chi connectivity index (χ2n) is 8.68. The Morgan fingerprint density at radius 3 is 2.32 bits per heavy atom. The summed E-state index contributed by atoms with van der Waals surface area (Å²) < 4.78 is 0. The molecular formula is C22H35N5O. The quantitative estimate of drug-likeness (QED) is 0.788. The Morgan fingerprint density at radius 2 is 1.68 bits per heavy atom. The van der Waals surface area contributed by atoms with E-state index < -0.39 is 0 Å². The molecule has 1 aromatic carbocycles. The number of anilines is 1. The normalized spacial score (nSPS) is 23.4. The number of piperidine rings is 1. The fourth-order valence-corrected chi connectivity index (χ4v) is 4.56. The van der Waals surface area contributed by atoms with Gasteiger partial charge in [0.15, 0.2) is 0 Å². The number of hydrogen-bond acceptors (Lipinski definition) is 4. The first kappa shape index (κ1) is 19.5. The SMILES string of the molecule is C[C@@H](CN1CCN(c2ccccc2)CC1)NC(=O)NC1CCN(C2CC2)CC1. The lowest BCUT2D eigenvalue weighted by Gasteiger charge is -2.37. The molecule has 0 unspecified atom stereocenters. The van der Waals surface area contributed by atoms with E-state index in [2.05, 4.69) is 62.6 Å². The van der Waals surface area contributed by atoms with Crippen molar-refractivity contribution in [1.29, 1.82) is 0 Å². The molecule has 2 heterocycles. The van der Waals surface area contributed by atoms with E-state index in [0.717, 1.165) is 64.7 Å². The van der Waals surface area contributed by atoms with Crippen LogP contribution in [0.4, 0.5) is 10.5 Å². The van der Waals surface area contributed by atoms with E-state index in [1.54, 1.807) is 0 Å². The highest BCUT2D eigenvalue weighted by Crippen LogP contribution is 2.29. The summed E-state index contributed by atoms with van der Waals surface area (Å²) in [6.07, 6.45) is 4.91. The van der Waals surface area contributed by atoms with Crippen LogP contribution in [-0.2, 0) is 0 Å². The molecule has 1 aromatic rings. The molecule has 6 heteroatoms. The van der Waals surface area contributed by atoms with Gasteiger partial charge in [0.25, 0.3) is 0 Å². The first-order chi connectivity index (χ1) is 13.7. The minimum atomic E-state index is 0.000272. The third kappa shape index (κ3) is 5.39. The van der Waals surface area contributed by atoms with Gasteiger partial charge in [-0.05, 0) is 44.7 Å². The van der Waals surface area contributed by atoms with Gasteiger partial charge < -0.3 is 20.4 Å². The second-order valence-corrected chi connectivity index (χ2v) is 8.68. The van der Waals surface area contributed by atoms with Crippen molar-refractivity contribution in [2.75, 3.05) is 50.7 Å².